The number of anilines is 1. The van der Waals surface area contributed by atoms with Gasteiger partial charge in [0.15, 0.2) is 0 Å². The Balaban J connectivity index is 1.43. The highest BCUT2D eigenvalue weighted by atomic mass is 35.5. The van der Waals surface area contributed by atoms with Gasteiger partial charge in [-0.05, 0) is 37.5 Å². The average molecular weight is 375 g/mol. The third kappa shape index (κ3) is 3.19. The van der Waals surface area contributed by atoms with E-state index >= 15 is 0 Å². The molecule has 3 unspecified atom stereocenters. The molecule has 26 heavy (non-hydrogen) atoms. The van der Waals surface area contributed by atoms with E-state index in [1.807, 2.05) is 24.2 Å². The number of rotatable bonds is 3. The predicted molar refractivity (Wildman–Crippen MR) is 100 cm³/mol. The van der Waals surface area contributed by atoms with Crippen molar-refractivity contribution in [3.8, 4) is 0 Å². The number of carbonyl (C=O) groups is 2. The molecule has 1 saturated carbocycles. The predicted octanol–water partition coefficient (Wildman–Crippen LogP) is 2.65. The topological polar surface area (TPSA) is 64.7 Å². The third-order valence-corrected chi connectivity index (χ3v) is 5.81. The lowest BCUT2D eigenvalue weighted by Gasteiger charge is -2.34. The van der Waals surface area contributed by atoms with E-state index < -0.39 is 0 Å². The van der Waals surface area contributed by atoms with Crippen molar-refractivity contribution in [2.75, 3.05) is 11.9 Å². The molecule has 3 atom stereocenters. The van der Waals surface area contributed by atoms with Crippen molar-refractivity contribution in [1.82, 2.24) is 15.3 Å². The molecule has 4 rings (SSSR count). The van der Waals surface area contributed by atoms with Gasteiger partial charge < -0.3 is 15.2 Å². The number of hydrazine groups is 1. The molecule has 6 nitrogen and oxygen atoms in total. The molecule has 138 valence electrons. The molecule has 7 heteroatoms. The maximum atomic E-state index is 12.9. The molecule has 0 radical (unpaired) electrons. The number of halogens is 1. The summed E-state index contributed by atoms with van der Waals surface area (Å²) in [5.41, 5.74) is 5.02. The second kappa shape index (κ2) is 6.93. The van der Waals surface area contributed by atoms with E-state index in [1.54, 1.807) is 18.3 Å². The van der Waals surface area contributed by atoms with E-state index in [0.29, 0.717) is 22.7 Å². The van der Waals surface area contributed by atoms with Crippen LogP contribution in [0.15, 0.2) is 30.6 Å². The van der Waals surface area contributed by atoms with Crippen LogP contribution in [0.5, 0.6) is 0 Å². The lowest BCUT2D eigenvalue weighted by molar-refractivity contribution is -0.138. The minimum absolute atomic E-state index is 0.0126. The Morgan fingerprint density at radius 3 is 2.92 bits per heavy atom. The van der Waals surface area contributed by atoms with E-state index in [-0.39, 0.29) is 24.4 Å². The van der Waals surface area contributed by atoms with Gasteiger partial charge in [-0.3, -0.25) is 9.59 Å². The van der Waals surface area contributed by atoms with Crippen molar-refractivity contribution in [3.63, 3.8) is 0 Å². The monoisotopic (exact) mass is 374 g/mol. The zero-order valence-electron chi connectivity index (χ0n) is 14.7. The van der Waals surface area contributed by atoms with E-state index in [1.165, 1.54) is 11.3 Å². The number of nitrogens with zero attached hydrogens (tertiary/aromatic N) is 2. The second-order valence-electron chi connectivity index (χ2n) is 7.33. The van der Waals surface area contributed by atoms with Gasteiger partial charge in [-0.25, -0.2) is 5.43 Å². The van der Waals surface area contributed by atoms with Gasteiger partial charge >= 0.3 is 0 Å². The number of hydrogen-bond acceptors (Lipinski definition) is 4. The molecular formula is C19H23ClN4O2. The van der Waals surface area contributed by atoms with Crippen LogP contribution in [-0.2, 0) is 9.59 Å². The van der Waals surface area contributed by atoms with Crippen LogP contribution in [0.4, 0.5) is 5.69 Å². The fourth-order valence-electron chi connectivity index (χ4n) is 4.21. The van der Waals surface area contributed by atoms with E-state index in [9.17, 15) is 9.59 Å². The molecule has 0 bridgehead atoms. The van der Waals surface area contributed by atoms with Crippen LogP contribution in [-0.4, -0.2) is 40.4 Å². The highest BCUT2D eigenvalue weighted by molar-refractivity contribution is 6.33. The lowest BCUT2D eigenvalue weighted by Crippen LogP contribution is -2.51. The smallest absolute Gasteiger partial charge is 0.251 e. The first-order valence-corrected chi connectivity index (χ1v) is 9.50. The van der Waals surface area contributed by atoms with Gasteiger partial charge in [0.25, 0.3) is 5.91 Å². The van der Waals surface area contributed by atoms with Crippen molar-refractivity contribution in [3.05, 3.63) is 41.2 Å². The Hall–Kier alpha value is -2.05. The summed E-state index contributed by atoms with van der Waals surface area (Å²) in [6.45, 7) is 1.93. The number of nitrogens with one attached hydrogen (secondary N) is 2. The van der Waals surface area contributed by atoms with E-state index in [4.69, 9.17) is 11.6 Å². The number of carbonyl (C=O) groups excluding carboxylic acids is 2. The lowest BCUT2D eigenvalue weighted by atomic mass is 9.81. The van der Waals surface area contributed by atoms with Gasteiger partial charge in [-0.1, -0.05) is 30.5 Å². The molecular weight excluding hydrogens is 352 g/mol. The van der Waals surface area contributed by atoms with Gasteiger partial charge in [-0.15, -0.1) is 0 Å². The molecule has 2 aliphatic heterocycles. The minimum Gasteiger partial charge on any atom is -0.323 e. The normalized spacial score (nSPS) is 27.3. The first-order valence-electron chi connectivity index (χ1n) is 9.12. The fraction of sp³-hybridized carbons (Fsp3) is 0.474. The van der Waals surface area contributed by atoms with Crippen LogP contribution in [0.3, 0.4) is 0 Å². The second-order valence-corrected chi connectivity index (χ2v) is 7.74. The number of fused-ring (bicyclic) bond motifs is 3. The maximum Gasteiger partial charge on any atom is 0.251 e. The van der Waals surface area contributed by atoms with Gasteiger partial charge in [0, 0.05) is 24.4 Å². The van der Waals surface area contributed by atoms with Gasteiger partial charge in [0.2, 0.25) is 5.91 Å². The molecule has 2 N–H and O–H groups in total. The summed E-state index contributed by atoms with van der Waals surface area (Å²) >= 11 is 6.17. The van der Waals surface area contributed by atoms with Crippen LogP contribution in [0.1, 0.15) is 31.2 Å². The molecule has 1 aliphatic carbocycles. The third-order valence-electron chi connectivity index (χ3n) is 5.50. The molecule has 0 aromatic heterocycles. The minimum atomic E-state index is -0.256. The number of hydrogen-bond donors (Lipinski definition) is 2. The van der Waals surface area contributed by atoms with Gasteiger partial charge in [0.1, 0.15) is 12.6 Å². The van der Waals surface area contributed by atoms with Crippen molar-refractivity contribution in [2.24, 2.45) is 5.92 Å². The molecule has 3 aliphatic rings. The SMILES string of the molecule is Cc1ccc(NC(=O)CN2C=CN3NC4CCCCC4C3C2=O)c(Cl)c1. The van der Waals surface area contributed by atoms with Crippen LogP contribution >= 0.6 is 11.6 Å². The Morgan fingerprint density at radius 2 is 2.12 bits per heavy atom. The van der Waals surface area contributed by atoms with Gasteiger partial charge in [-0.2, -0.15) is 0 Å². The van der Waals surface area contributed by atoms with Crippen molar-refractivity contribution >= 4 is 29.1 Å². The summed E-state index contributed by atoms with van der Waals surface area (Å²) in [6.07, 6.45) is 8.07. The molecule has 2 fully saturated rings. The molecule has 1 aromatic rings. The van der Waals surface area contributed by atoms with Crippen molar-refractivity contribution in [1.29, 1.82) is 0 Å². The molecule has 2 heterocycles. The largest absolute Gasteiger partial charge is 0.323 e. The first-order chi connectivity index (χ1) is 12.5. The zero-order valence-corrected chi connectivity index (χ0v) is 15.5. The molecule has 0 spiro atoms. The Kier molecular flexibility index (Phi) is 4.63. The molecule has 1 aromatic carbocycles. The highest BCUT2D eigenvalue weighted by Crippen LogP contribution is 2.36. The van der Waals surface area contributed by atoms with Crippen LogP contribution < -0.4 is 10.7 Å². The summed E-state index contributed by atoms with van der Waals surface area (Å²) in [5.74, 6) is 0.0474. The van der Waals surface area contributed by atoms with Crippen LogP contribution in [0.25, 0.3) is 0 Å². The van der Waals surface area contributed by atoms with Crippen LogP contribution in [0.2, 0.25) is 5.02 Å². The summed E-state index contributed by atoms with van der Waals surface area (Å²) in [6, 6.07) is 5.62. The first kappa shape index (κ1) is 17.4. The average Bonchev–Trinajstić information content (AvgIpc) is 2.99. The van der Waals surface area contributed by atoms with Gasteiger partial charge in [0.05, 0.1) is 10.7 Å². The Bertz CT molecular complexity index is 766. The molecule has 1 saturated heterocycles. The Morgan fingerprint density at radius 1 is 1.31 bits per heavy atom. The highest BCUT2D eigenvalue weighted by Gasteiger charge is 2.48. The van der Waals surface area contributed by atoms with Crippen molar-refractivity contribution < 1.29 is 9.59 Å². The van der Waals surface area contributed by atoms with E-state index in [2.05, 4.69) is 10.7 Å². The summed E-state index contributed by atoms with van der Waals surface area (Å²) in [5, 5.41) is 5.21. The summed E-state index contributed by atoms with van der Waals surface area (Å²) < 4.78 is 0. The standard InChI is InChI=1S/C19H23ClN4O2/c1-12-6-7-16(14(20)10-12)21-17(25)11-23-8-9-24-18(19(23)26)13-4-2-3-5-15(13)22-24/h6-10,13,15,18,22H,2-5,11H2,1H3,(H,21,25). The van der Waals surface area contributed by atoms with Crippen LogP contribution in [0, 0.1) is 12.8 Å². The number of amides is 2. The maximum absolute atomic E-state index is 12.9. The van der Waals surface area contributed by atoms with Crippen molar-refractivity contribution in [2.45, 2.75) is 44.7 Å². The number of aryl methyl sites for hydroxylation is 1. The Labute approximate surface area is 158 Å². The zero-order chi connectivity index (χ0) is 18.3. The fourth-order valence-corrected chi connectivity index (χ4v) is 4.49. The number of benzene rings is 1. The summed E-state index contributed by atoms with van der Waals surface area (Å²) in [4.78, 5) is 26.9. The summed E-state index contributed by atoms with van der Waals surface area (Å²) in [7, 11) is 0. The quantitative estimate of drug-likeness (QED) is 0.853. The molecule has 2 amide bonds. The van der Waals surface area contributed by atoms with E-state index in [0.717, 1.165) is 24.8 Å².